The van der Waals surface area contributed by atoms with E-state index in [1.165, 1.54) is 7.11 Å². The number of allylic oxidation sites excluding steroid dienone is 1. The van der Waals surface area contributed by atoms with E-state index in [-0.39, 0.29) is 24.5 Å². The van der Waals surface area contributed by atoms with Crippen molar-refractivity contribution in [2.75, 3.05) is 20.3 Å². The SMILES string of the molecule is CCOC(=O)C1=C(C)NC(=O)N[C@@H]1c1ccc(OCC(=O)N/N=C/c2c(C)n(Cc3ccc(Cl)c(Cl)c3)c3ccccc23)c(OC)c1. The first kappa shape index (κ1) is 33.4. The van der Waals surface area contributed by atoms with E-state index in [0.717, 1.165) is 27.7 Å². The first-order valence-corrected chi connectivity index (χ1v) is 15.5. The molecule has 0 saturated heterocycles. The minimum Gasteiger partial charge on any atom is -0.493 e. The first-order chi connectivity index (χ1) is 22.6. The lowest BCUT2D eigenvalue weighted by molar-refractivity contribution is -0.139. The van der Waals surface area contributed by atoms with E-state index in [1.54, 1.807) is 44.3 Å². The molecule has 0 spiro atoms. The quantitative estimate of drug-likeness (QED) is 0.101. The number of rotatable bonds is 11. The normalized spacial score (nSPS) is 14.6. The van der Waals surface area contributed by atoms with Crippen LogP contribution in [0.4, 0.5) is 4.79 Å². The summed E-state index contributed by atoms with van der Waals surface area (Å²) in [6.07, 6.45) is 1.61. The number of fused-ring (bicyclic) bond motifs is 1. The Bertz CT molecular complexity index is 1920. The van der Waals surface area contributed by atoms with Gasteiger partial charge in [0.15, 0.2) is 18.1 Å². The number of halogens is 2. The fourth-order valence-electron chi connectivity index (χ4n) is 5.40. The van der Waals surface area contributed by atoms with Crippen LogP contribution in [-0.2, 0) is 20.9 Å². The molecule has 1 aliphatic heterocycles. The van der Waals surface area contributed by atoms with E-state index >= 15 is 0 Å². The van der Waals surface area contributed by atoms with Crippen LogP contribution in [0.3, 0.4) is 0 Å². The number of para-hydroxylation sites is 1. The molecule has 3 aromatic carbocycles. The van der Waals surface area contributed by atoms with Gasteiger partial charge in [-0.15, -0.1) is 0 Å². The van der Waals surface area contributed by atoms with Gasteiger partial charge in [0.25, 0.3) is 5.91 Å². The topological polar surface area (TPSA) is 132 Å². The molecular formula is C34H33Cl2N5O6. The van der Waals surface area contributed by atoms with Crippen LogP contribution >= 0.6 is 23.2 Å². The van der Waals surface area contributed by atoms with Crippen LogP contribution in [0.5, 0.6) is 11.5 Å². The summed E-state index contributed by atoms with van der Waals surface area (Å²) in [4.78, 5) is 37.6. The van der Waals surface area contributed by atoms with Gasteiger partial charge in [-0.25, -0.2) is 15.0 Å². The predicted molar refractivity (Wildman–Crippen MR) is 180 cm³/mol. The molecule has 0 bridgehead atoms. The summed E-state index contributed by atoms with van der Waals surface area (Å²) in [5.41, 5.74) is 7.55. The number of hydrazone groups is 1. The number of benzene rings is 3. The summed E-state index contributed by atoms with van der Waals surface area (Å²) in [6, 6.07) is 17.2. The Morgan fingerprint density at radius 3 is 2.57 bits per heavy atom. The Morgan fingerprint density at radius 1 is 1.04 bits per heavy atom. The van der Waals surface area contributed by atoms with Crippen LogP contribution in [0, 0.1) is 6.92 Å². The van der Waals surface area contributed by atoms with Crippen molar-refractivity contribution in [3.05, 3.63) is 104 Å². The van der Waals surface area contributed by atoms with Crippen molar-refractivity contribution in [3.8, 4) is 11.5 Å². The van der Waals surface area contributed by atoms with Gasteiger partial charge in [-0.1, -0.05) is 53.5 Å². The average Bonchev–Trinajstić information content (AvgIpc) is 3.31. The molecule has 2 heterocycles. The van der Waals surface area contributed by atoms with Crippen LogP contribution in [0.25, 0.3) is 10.9 Å². The van der Waals surface area contributed by atoms with Gasteiger partial charge in [0.1, 0.15) is 0 Å². The van der Waals surface area contributed by atoms with Crippen LogP contribution < -0.4 is 25.5 Å². The Balaban J connectivity index is 1.27. The highest BCUT2D eigenvalue weighted by Crippen LogP contribution is 2.35. The van der Waals surface area contributed by atoms with Crippen LogP contribution in [0.2, 0.25) is 10.0 Å². The van der Waals surface area contributed by atoms with Gasteiger partial charge >= 0.3 is 12.0 Å². The fraction of sp³-hybridized carbons (Fsp3) is 0.235. The standard InChI is InChI=1S/C34H33Cl2N5O6/c1-5-46-33(43)31-19(2)38-34(44)39-32(31)22-11-13-28(29(15-22)45-4)47-18-30(42)40-37-16-24-20(3)41(27-9-7-6-8-23(24)27)17-21-10-12-25(35)26(36)14-21/h6-16,32H,5,17-18H2,1-4H3,(H,40,42)(H2,38,39,44)/b37-16+/t32-/m1/s1. The lowest BCUT2D eigenvalue weighted by Crippen LogP contribution is -2.45. The second-order valence-electron chi connectivity index (χ2n) is 10.6. The molecular weight excluding hydrogens is 645 g/mol. The van der Waals surface area contributed by atoms with Crippen molar-refractivity contribution in [1.29, 1.82) is 0 Å². The maximum absolute atomic E-state index is 12.7. The third kappa shape index (κ3) is 7.37. The van der Waals surface area contributed by atoms with Gasteiger partial charge in [-0.3, -0.25) is 4.79 Å². The minimum absolute atomic E-state index is 0.182. The van der Waals surface area contributed by atoms with Gasteiger partial charge < -0.3 is 29.4 Å². The first-order valence-electron chi connectivity index (χ1n) is 14.7. The molecule has 4 aromatic rings. The highest BCUT2D eigenvalue weighted by Gasteiger charge is 2.32. The lowest BCUT2D eigenvalue weighted by atomic mass is 9.95. The Morgan fingerprint density at radius 2 is 1.83 bits per heavy atom. The maximum Gasteiger partial charge on any atom is 0.338 e. The molecule has 0 saturated carbocycles. The largest absolute Gasteiger partial charge is 0.493 e. The van der Waals surface area contributed by atoms with E-state index in [2.05, 4.69) is 25.7 Å². The number of esters is 1. The molecule has 0 fully saturated rings. The van der Waals surface area contributed by atoms with E-state index in [0.29, 0.717) is 33.6 Å². The summed E-state index contributed by atoms with van der Waals surface area (Å²) in [7, 11) is 1.45. The van der Waals surface area contributed by atoms with Crippen molar-refractivity contribution >= 4 is 58.2 Å². The zero-order valence-electron chi connectivity index (χ0n) is 26.1. The maximum atomic E-state index is 12.7. The highest BCUT2D eigenvalue weighted by atomic mass is 35.5. The third-order valence-electron chi connectivity index (χ3n) is 7.63. The summed E-state index contributed by atoms with van der Waals surface area (Å²) < 4.78 is 18.6. The molecule has 1 aromatic heterocycles. The van der Waals surface area contributed by atoms with Crippen LogP contribution in [-0.4, -0.2) is 49.0 Å². The number of nitrogens with one attached hydrogen (secondary N) is 3. The van der Waals surface area contributed by atoms with Crippen molar-refractivity contribution in [2.45, 2.75) is 33.4 Å². The fourth-order valence-corrected chi connectivity index (χ4v) is 5.72. The third-order valence-corrected chi connectivity index (χ3v) is 8.37. The number of urea groups is 1. The minimum atomic E-state index is -0.776. The smallest absolute Gasteiger partial charge is 0.338 e. The number of carbonyl (C=O) groups excluding carboxylic acids is 3. The van der Waals surface area contributed by atoms with Gasteiger partial charge in [-0.2, -0.15) is 5.10 Å². The number of hydrogen-bond acceptors (Lipinski definition) is 7. The Hall–Kier alpha value is -5.00. The number of ether oxygens (including phenoxy) is 3. The summed E-state index contributed by atoms with van der Waals surface area (Å²) >= 11 is 12.3. The number of amides is 3. The summed E-state index contributed by atoms with van der Waals surface area (Å²) in [5, 5.41) is 11.5. The van der Waals surface area contributed by atoms with E-state index in [4.69, 9.17) is 37.4 Å². The van der Waals surface area contributed by atoms with E-state index in [9.17, 15) is 14.4 Å². The number of aromatic nitrogens is 1. The highest BCUT2D eigenvalue weighted by molar-refractivity contribution is 6.42. The molecule has 47 heavy (non-hydrogen) atoms. The molecule has 0 radical (unpaired) electrons. The molecule has 0 aliphatic carbocycles. The van der Waals surface area contributed by atoms with Gasteiger partial charge in [0.05, 0.1) is 41.6 Å². The van der Waals surface area contributed by atoms with Crippen molar-refractivity contribution < 1.29 is 28.6 Å². The molecule has 0 unspecified atom stereocenters. The van der Waals surface area contributed by atoms with Crippen molar-refractivity contribution in [3.63, 3.8) is 0 Å². The van der Waals surface area contributed by atoms with Gasteiger partial charge in [-0.05, 0) is 62.2 Å². The van der Waals surface area contributed by atoms with E-state index < -0.39 is 23.9 Å². The Kier molecular flexibility index (Phi) is 10.4. The molecule has 5 rings (SSSR count). The molecule has 3 N–H and O–H groups in total. The zero-order chi connectivity index (χ0) is 33.7. The molecule has 1 atom stereocenters. The molecule has 3 amide bonds. The van der Waals surface area contributed by atoms with Gasteiger partial charge in [0.2, 0.25) is 0 Å². The Labute approximate surface area is 281 Å². The average molecular weight is 679 g/mol. The number of methoxy groups -OCH3 is 1. The van der Waals surface area contributed by atoms with Crippen LogP contribution in [0.15, 0.2) is 77.0 Å². The molecule has 11 nitrogen and oxygen atoms in total. The van der Waals surface area contributed by atoms with Crippen molar-refractivity contribution in [1.82, 2.24) is 20.6 Å². The zero-order valence-corrected chi connectivity index (χ0v) is 27.7. The molecule has 244 valence electrons. The monoisotopic (exact) mass is 677 g/mol. The summed E-state index contributed by atoms with van der Waals surface area (Å²) in [5.74, 6) is -0.448. The lowest BCUT2D eigenvalue weighted by Gasteiger charge is -2.28. The second kappa shape index (κ2) is 14.6. The van der Waals surface area contributed by atoms with Gasteiger partial charge in [0, 0.05) is 34.4 Å². The number of hydrogen-bond donors (Lipinski definition) is 3. The molecule has 13 heteroatoms. The number of nitrogens with zero attached hydrogens (tertiary/aromatic N) is 2. The number of carbonyl (C=O) groups is 3. The predicted octanol–water partition coefficient (Wildman–Crippen LogP) is 6.03. The van der Waals surface area contributed by atoms with Crippen LogP contribution in [0.1, 0.15) is 42.3 Å². The molecule has 1 aliphatic rings. The van der Waals surface area contributed by atoms with E-state index in [1.807, 2.05) is 43.3 Å². The summed E-state index contributed by atoms with van der Waals surface area (Å²) in [6.45, 7) is 5.73. The second-order valence-corrected chi connectivity index (χ2v) is 11.4. The van der Waals surface area contributed by atoms with Crippen molar-refractivity contribution in [2.24, 2.45) is 5.10 Å².